The van der Waals surface area contributed by atoms with E-state index in [4.69, 9.17) is 9.47 Å². The molecule has 0 aliphatic heterocycles. The molecular weight excluding hydrogens is 367 g/mol. The summed E-state index contributed by atoms with van der Waals surface area (Å²) in [5.74, 6) is -3.07. The van der Waals surface area contributed by atoms with Gasteiger partial charge in [-0.15, -0.1) is 0 Å². The highest BCUT2D eigenvalue weighted by molar-refractivity contribution is 6.43. The lowest BCUT2D eigenvalue weighted by Gasteiger charge is -2.09. The Kier molecular flexibility index (Phi) is 7.45. The third kappa shape index (κ3) is 4.64. The third-order valence-electron chi connectivity index (χ3n) is 4.05. The van der Waals surface area contributed by atoms with E-state index in [0.29, 0.717) is 18.7 Å². The van der Waals surface area contributed by atoms with Crippen LogP contribution >= 0.6 is 0 Å². The number of hydrogen-bond donors (Lipinski definition) is 2. The minimum Gasteiger partial charge on any atom is -0.462 e. The Morgan fingerprint density at radius 3 is 2.57 bits per heavy atom. The molecule has 8 heteroatoms. The molecule has 0 aliphatic rings. The number of benzene rings is 1. The van der Waals surface area contributed by atoms with Crippen molar-refractivity contribution in [3.8, 4) is 11.1 Å². The second-order valence-corrected chi connectivity index (χ2v) is 6.01. The number of Topliss-reactive ketones (excluding diaryl/α,β-unsaturated/α-hetero) is 1. The molecule has 2 aromatic rings. The maximum atomic E-state index is 14.5. The van der Waals surface area contributed by atoms with Gasteiger partial charge in [-0.2, -0.15) is 0 Å². The number of rotatable bonds is 9. The number of ether oxygens (including phenoxy) is 2. The van der Waals surface area contributed by atoms with E-state index in [9.17, 15) is 18.8 Å². The van der Waals surface area contributed by atoms with Crippen LogP contribution in [0.2, 0.25) is 0 Å². The van der Waals surface area contributed by atoms with Crippen molar-refractivity contribution in [2.75, 3.05) is 26.9 Å². The molecule has 0 saturated carbocycles. The zero-order chi connectivity index (χ0) is 20.7. The van der Waals surface area contributed by atoms with Crippen molar-refractivity contribution in [3.05, 3.63) is 47.0 Å². The molecule has 0 radical (unpaired) electrons. The summed E-state index contributed by atoms with van der Waals surface area (Å²) in [5.41, 5.74) is 0.237. The van der Waals surface area contributed by atoms with Crippen molar-refractivity contribution >= 4 is 17.7 Å². The largest absolute Gasteiger partial charge is 0.462 e. The molecule has 0 atom stereocenters. The highest BCUT2D eigenvalue weighted by Crippen LogP contribution is 2.33. The van der Waals surface area contributed by atoms with Gasteiger partial charge in [0.05, 0.1) is 12.2 Å². The minimum absolute atomic E-state index is 0.0195. The number of nitrogens with one attached hydrogen (secondary N) is 2. The Morgan fingerprint density at radius 1 is 1.21 bits per heavy atom. The number of carbonyl (C=O) groups is 3. The molecule has 1 amide bonds. The second-order valence-electron chi connectivity index (χ2n) is 6.01. The summed E-state index contributed by atoms with van der Waals surface area (Å²) >= 11 is 0. The normalized spacial score (nSPS) is 10.6. The zero-order valence-electron chi connectivity index (χ0n) is 16.1. The van der Waals surface area contributed by atoms with Crippen LogP contribution in [0.5, 0.6) is 0 Å². The van der Waals surface area contributed by atoms with E-state index >= 15 is 0 Å². The molecule has 0 fully saturated rings. The van der Waals surface area contributed by atoms with Gasteiger partial charge >= 0.3 is 5.97 Å². The molecule has 1 aromatic carbocycles. The van der Waals surface area contributed by atoms with Crippen LogP contribution in [0.25, 0.3) is 11.1 Å². The van der Waals surface area contributed by atoms with Gasteiger partial charge in [-0.25, -0.2) is 9.18 Å². The number of amides is 1. The van der Waals surface area contributed by atoms with E-state index in [1.807, 2.05) is 0 Å². The van der Waals surface area contributed by atoms with Crippen LogP contribution in [0.3, 0.4) is 0 Å². The first-order valence-electron chi connectivity index (χ1n) is 8.88. The summed E-state index contributed by atoms with van der Waals surface area (Å²) in [4.78, 5) is 40.2. The molecule has 2 rings (SSSR count). The number of hydrogen-bond acceptors (Lipinski definition) is 5. The van der Waals surface area contributed by atoms with Gasteiger partial charge in [0.15, 0.2) is 0 Å². The average molecular weight is 390 g/mol. The van der Waals surface area contributed by atoms with Crippen molar-refractivity contribution < 1.29 is 28.2 Å². The maximum absolute atomic E-state index is 14.5. The molecule has 0 unspecified atom stereocenters. The summed E-state index contributed by atoms with van der Waals surface area (Å²) in [7, 11) is 1.53. The molecule has 2 N–H and O–H groups in total. The van der Waals surface area contributed by atoms with Crippen LogP contribution in [0, 0.1) is 12.7 Å². The quantitative estimate of drug-likeness (QED) is 0.297. The number of aromatic amines is 1. The van der Waals surface area contributed by atoms with E-state index in [1.165, 1.54) is 25.3 Å². The average Bonchev–Trinajstić information content (AvgIpc) is 3.02. The highest BCUT2D eigenvalue weighted by atomic mass is 19.1. The van der Waals surface area contributed by atoms with Gasteiger partial charge in [-0.1, -0.05) is 18.2 Å². The number of H-pyrrole nitrogens is 1. The van der Waals surface area contributed by atoms with Gasteiger partial charge < -0.3 is 19.8 Å². The topological polar surface area (TPSA) is 97.5 Å². The number of ketones is 1. The number of methoxy groups -OCH3 is 1. The van der Waals surface area contributed by atoms with Crippen molar-refractivity contribution in [1.82, 2.24) is 10.3 Å². The van der Waals surface area contributed by atoms with Gasteiger partial charge in [0.2, 0.25) is 0 Å². The number of carbonyl (C=O) groups excluding carboxylic acids is 3. The fourth-order valence-electron chi connectivity index (χ4n) is 2.80. The van der Waals surface area contributed by atoms with Crippen LogP contribution in [0.1, 0.15) is 39.9 Å². The molecule has 7 nitrogen and oxygen atoms in total. The Bertz CT molecular complexity index is 875. The number of aromatic nitrogens is 1. The predicted octanol–water partition coefficient (Wildman–Crippen LogP) is 2.64. The Morgan fingerprint density at radius 2 is 1.93 bits per heavy atom. The van der Waals surface area contributed by atoms with Crippen LogP contribution in [0.4, 0.5) is 4.39 Å². The number of aryl methyl sites for hydroxylation is 1. The smallest absolute Gasteiger partial charge is 0.340 e. The summed E-state index contributed by atoms with van der Waals surface area (Å²) in [6, 6.07) is 5.72. The lowest BCUT2D eigenvalue weighted by molar-refractivity contribution is -0.117. The summed E-state index contributed by atoms with van der Waals surface area (Å²) in [6.45, 7) is 4.00. The van der Waals surface area contributed by atoms with E-state index in [2.05, 4.69) is 10.3 Å². The zero-order valence-corrected chi connectivity index (χ0v) is 16.1. The van der Waals surface area contributed by atoms with Crippen molar-refractivity contribution in [1.29, 1.82) is 0 Å². The lowest BCUT2D eigenvalue weighted by Crippen LogP contribution is -2.32. The van der Waals surface area contributed by atoms with Gasteiger partial charge in [0.1, 0.15) is 11.5 Å². The highest BCUT2D eigenvalue weighted by Gasteiger charge is 2.30. The first kappa shape index (κ1) is 21.3. The van der Waals surface area contributed by atoms with Crippen LogP contribution in [0.15, 0.2) is 24.3 Å². The summed E-state index contributed by atoms with van der Waals surface area (Å²) in [6.07, 6.45) is 0.535. The van der Waals surface area contributed by atoms with Crippen molar-refractivity contribution in [2.24, 2.45) is 0 Å². The Balaban J connectivity index is 2.48. The molecule has 0 bridgehead atoms. The fourth-order valence-corrected chi connectivity index (χ4v) is 2.80. The van der Waals surface area contributed by atoms with E-state index in [1.54, 1.807) is 19.9 Å². The minimum atomic E-state index is -0.894. The maximum Gasteiger partial charge on any atom is 0.340 e. The number of halogens is 1. The SMILES string of the molecule is CCOC(=O)c1c(C)[nH]c(C(=O)C(=O)NCCCOC)c1-c1ccccc1F. The second kappa shape index (κ2) is 9.80. The van der Waals surface area contributed by atoms with Crippen LogP contribution in [-0.4, -0.2) is 49.5 Å². The summed E-state index contributed by atoms with van der Waals surface area (Å²) in [5, 5.41) is 2.49. The van der Waals surface area contributed by atoms with Gasteiger partial charge in [-0.05, 0) is 26.3 Å². The Labute approximate surface area is 162 Å². The van der Waals surface area contributed by atoms with E-state index in [0.717, 1.165) is 0 Å². The molecule has 0 saturated heterocycles. The molecule has 1 aromatic heterocycles. The molecule has 0 spiro atoms. The molecule has 28 heavy (non-hydrogen) atoms. The predicted molar refractivity (Wildman–Crippen MR) is 101 cm³/mol. The molecule has 1 heterocycles. The molecule has 0 aliphatic carbocycles. The third-order valence-corrected chi connectivity index (χ3v) is 4.05. The fraction of sp³-hybridized carbons (Fsp3) is 0.350. The van der Waals surface area contributed by atoms with Gasteiger partial charge in [0.25, 0.3) is 11.7 Å². The van der Waals surface area contributed by atoms with E-state index in [-0.39, 0.29) is 35.5 Å². The standard InChI is InChI=1S/C20H23FN2O5/c1-4-28-20(26)15-12(2)23-17(16(15)13-8-5-6-9-14(13)21)18(24)19(25)22-10-7-11-27-3/h5-6,8-9,23H,4,7,10-11H2,1-3H3,(H,22,25). The van der Waals surface area contributed by atoms with Crippen molar-refractivity contribution in [3.63, 3.8) is 0 Å². The van der Waals surface area contributed by atoms with E-state index < -0.39 is 23.5 Å². The molecule has 150 valence electrons. The monoisotopic (exact) mass is 390 g/mol. The number of esters is 1. The first-order chi connectivity index (χ1) is 13.4. The molecular formula is C20H23FN2O5. The Hall–Kier alpha value is -3.00. The van der Waals surface area contributed by atoms with Gasteiger partial charge in [0, 0.05) is 37.1 Å². The first-order valence-corrected chi connectivity index (χ1v) is 8.88. The summed E-state index contributed by atoms with van der Waals surface area (Å²) < 4.78 is 24.4. The van der Waals surface area contributed by atoms with Crippen LogP contribution < -0.4 is 5.32 Å². The van der Waals surface area contributed by atoms with Crippen molar-refractivity contribution in [2.45, 2.75) is 20.3 Å². The van der Waals surface area contributed by atoms with Gasteiger partial charge in [-0.3, -0.25) is 9.59 Å². The van der Waals surface area contributed by atoms with Crippen LogP contribution in [-0.2, 0) is 14.3 Å². The lowest BCUT2D eigenvalue weighted by atomic mass is 9.98.